The Morgan fingerprint density at radius 1 is 1.24 bits per heavy atom. The van der Waals surface area contributed by atoms with Crippen molar-refractivity contribution in [2.45, 2.75) is 70.3 Å². The van der Waals surface area contributed by atoms with Gasteiger partial charge in [-0.05, 0) is 86.6 Å². The van der Waals surface area contributed by atoms with Gasteiger partial charge in [0, 0.05) is 42.6 Å². The van der Waals surface area contributed by atoms with E-state index >= 15 is 0 Å². The van der Waals surface area contributed by atoms with E-state index in [1.807, 2.05) is 6.20 Å². The molecule has 2 aliphatic heterocycles. The van der Waals surface area contributed by atoms with E-state index in [-0.39, 0.29) is 30.7 Å². The monoisotopic (exact) mass is 519 g/mol. The summed E-state index contributed by atoms with van der Waals surface area (Å²) in [5.74, 6) is -0.395. The largest absolute Gasteiger partial charge is 0.481 e. The Morgan fingerprint density at radius 3 is 3.00 bits per heavy atom. The molecule has 4 N–H and O–H groups in total. The molecule has 0 saturated carbocycles. The lowest BCUT2D eigenvalue weighted by atomic mass is 9.96. The Bertz CT molecular complexity index is 1220. The highest BCUT2D eigenvalue weighted by Gasteiger charge is 2.33. The van der Waals surface area contributed by atoms with E-state index in [9.17, 15) is 19.5 Å². The molecule has 1 saturated heterocycles. The fourth-order valence-corrected chi connectivity index (χ4v) is 5.88. The number of fused-ring (bicyclic) bond motifs is 2. The lowest BCUT2D eigenvalue weighted by Crippen LogP contribution is -2.44. The average molecular weight is 520 g/mol. The predicted molar refractivity (Wildman–Crippen MR) is 145 cm³/mol. The smallest absolute Gasteiger partial charge is 0.305 e. The van der Waals surface area contributed by atoms with Crippen molar-refractivity contribution in [2.24, 2.45) is 5.92 Å². The summed E-state index contributed by atoms with van der Waals surface area (Å²) in [6.07, 6.45) is 13.6. The van der Waals surface area contributed by atoms with Crippen LogP contribution in [0.3, 0.4) is 0 Å². The van der Waals surface area contributed by atoms with Crippen molar-refractivity contribution >= 4 is 29.7 Å². The van der Waals surface area contributed by atoms with Crippen LogP contribution in [0.15, 0.2) is 24.4 Å². The molecule has 2 amide bonds. The van der Waals surface area contributed by atoms with Crippen molar-refractivity contribution in [2.75, 3.05) is 25.0 Å². The summed E-state index contributed by atoms with van der Waals surface area (Å²) in [5, 5.41) is 15.6. The fourth-order valence-electron chi connectivity index (χ4n) is 5.88. The molecule has 202 valence electrons. The third kappa shape index (κ3) is 6.26. The Labute approximate surface area is 223 Å². The van der Waals surface area contributed by atoms with Crippen LogP contribution in [-0.2, 0) is 40.1 Å². The van der Waals surface area contributed by atoms with Crippen LogP contribution in [-0.4, -0.2) is 63.4 Å². The van der Waals surface area contributed by atoms with Crippen molar-refractivity contribution in [1.29, 1.82) is 0 Å². The molecule has 0 radical (unpaired) electrons. The summed E-state index contributed by atoms with van der Waals surface area (Å²) in [4.78, 5) is 46.9. The highest BCUT2D eigenvalue weighted by molar-refractivity contribution is 5.87. The molecule has 0 unspecified atom stereocenters. The second kappa shape index (κ2) is 11.8. The molecule has 5 rings (SSSR count). The third-order valence-electron chi connectivity index (χ3n) is 7.95. The van der Waals surface area contributed by atoms with Gasteiger partial charge in [0.15, 0.2) is 0 Å². The van der Waals surface area contributed by atoms with Gasteiger partial charge in [0.2, 0.25) is 11.8 Å². The zero-order chi connectivity index (χ0) is 26.5. The maximum Gasteiger partial charge on any atom is 0.305 e. The normalized spacial score (nSPS) is 19.0. The molecular formula is C29H37N5O4. The second-order valence-corrected chi connectivity index (χ2v) is 10.7. The summed E-state index contributed by atoms with van der Waals surface area (Å²) in [6.45, 7) is 1.46. The number of carboxylic acids is 1. The molecular weight excluding hydrogens is 482 g/mol. The number of aromatic amines is 1. The number of hydrogen-bond donors (Lipinski definition) is 4. The van der Waals surface area contributed by atoms with E-state index in [1.54, 1.807) is 4.90 Å². The summed E-state index contributed by atoms with van der Waals surface area (Å²) in [7, 11) is 0. The van der Waals surface area contributed by atoms with Gasteiger partial charge < -0.3 is 25.6 Å². The van der Waals surface area contributed by atoms with E-state index in [4.69, 9.17) is 4.98 Å². The van der Waals surface area contributed by atoms with Gasteiger partial charge in [0.05, 0.1) is 13.0 Å². The number of carboxylic acid groups (broad SMARTS) is 1. The first-order valence-corrected chi connectivity index (χ1v) is 13.8. The minimum absolute atomic E-state index is 0.00183. The summed E-state index contributed by atoms with van der Waals surface area (Å²) in [5.41, 5.74) is 5.81. The number of nitrogens with zero attached hydrogens (tertiary/aromatic N) is 2. The van der Waals surface area contributed by atoms with Gasteiger partial charge in [-0.2, -0.15) is 0 Å². The van der Waals surface area contributed by atoms with Gasteiger partial charge in [-0.15, -0.1) is 0 Å². The number of likely N-dealkylation sites (tertiary alicyclic amines) is 1. The number of amides is 2. The molecule has 1 fully saturated rings. The number of carbonyl (C=O) groups is 3. The van der Waals surface area contributed by atoms with Crippen LogP contribution in [0, 0.1) is 5.92 Å². The predicted octanol–water partition coefficient (Wildman–Crippen LogP) is 3.10. The van der Waals surface area contributed by atoms with Crippen LogP contribution in [0.25, 0.3) is 6.08 Å². The highest BCUT2D eigenvalue weighted by Crippen LogP contribution is 2.26. The van der Waals surface area contributed by atoms with Gasteiger partial charge in [0.1, 0.15) is 5.82 Å². The molecule has 2 aromatic heterocycles. The summed E-state index contributed by atoms with van der Waals surface area (Å²) in [6, 6.07) is 3.70. The summed E-state index contributed by atoms with van der Waals surface area (Å²) < 4.78 is 0. The minimum atomic E-state index is -0.947. The first kappa shape index (κ1) is 26.0. The number of carbonyl (C=O) groups excluding carboxylic acids is 2. The van der Waals surface area contributed by atoms with Crippen molar-refractivity contribution < 1.29 is 19.5 Å². The van der Waals surface area contributed by atoms with E-state index in [2.05, 4.69) is 39.9 Å². The quantitative estimate of drug-likeness (QED) is 0.361. The SMILES string of the molecule is O=C(O)C[C@@H](CCc1c[nH]c2c1CCC=C2)NC(=O)CN1CC[C@@H](CCc2ccc3c(n2)NCCC3)C1=O. The molecule has 0 spiro atoms. The van der Waals surface area contributed by atoms with Gasteiger partial charge in [-0.3, -0.25) is 14.4 Å². The van der Waals surface area contributed by atoms with Crippen LogP contribution in [0.1, 0.15) is 66.6 Å². The first-order valence-electron chi connectivity index (χ1n) is 13.8. The number of anilines is 1. The van der Waals surface area contributed by atoms with E-state index < -0.39 is 12.0 Å². The maximum absolute atomic E-state index is 13.0. The van der Waals surface area contributed by atoms with Gasteiger partial charge in [0.25, 0.3) is 0 Å². The fraction of sp³-hybridized carbons (Fsp3) is 0.517. The van der Waals surface area contributed by atoms with E-state index in [0.717, 1.165) is 62.3 Å². The first-order chi connectivity index (χ1) is 18.5. The summed E-state index contributed by atoms with van der Waals surface area (Å²) >= 11 is 0. The molecule has 0 bridgehead atoms. The van der Waals surface area contributed by atoms with Gasteiger partial charge in [-0.1, -0.05) is 12.1 Å². The molecule has 9 heteroatoms. The third-order valence-corrected chi connectivity index (χ3v) is 7.95. The number of aryl methyl sites for hydroxylation is 3. The lowest BCUT2D eigenvalue weighted by molar-refractivity contribution is -0.138. The molecule has 1 aliphatic carbocycles. The van der Waals surface area contributed by atoms with Gasteiger partial charge >= 0.3 is 5.97 Å². The standard InChI is InChI=1S/C29H37N5O4/c35-26(32-23(16-27(36)37)12-9-21-17-31-25-6-2-1-5-24(21)25)18-34-15-13-20(29(34)38)8-11-22-10-7-19-4-3-14-30-28(19)33-22/h2,6-7,10,17,20,23,31H,1,3-5,8-9,11-16,18H2,(H,30,33)(H,32,35)(H,36,37)/t20-,23-/m1/s1. The Kier molecular flexibility index (Phi) is 8.10. The Hall–Kier alpha value is -3.62. The topological polar surface area (TPSA) is 127 Å². The van der Waals surface area contributed by atoms with Crippen LogP contribution < -0.4 is 10.6 Å². The number of nitrogens with one attached hydrogen (secondary N) is 3. The van der Waals surface area contributed by atoms with Crippen LogP contribution in [0.5, 0.6) is 0 Å². The number of rotatable bonds is 11. The van der Waals surface area contributed by atoms with E-state index in [0.29, 0.717) is 25.8 Å². The molecule has 3 aliphatic rings. The minimum Gasteiger partial charge on any atom is -0.481 e. The molecule has 9 nitrogen and oxygen atoms in total. The molecule has 0 aromatic carbocycles. The second-order valence-electron chi connectivity index (χ2n) is 10.7. The van der Waals surface area contributed by atoms with Crippen molar-refractivity contribution in [3.05, 3.63) is 52.5 Å². The molecule has 38 heavy (non-hydrogen) atoms. The number of pyridine rings is 1. The number of aromatic nitrogens is 2. The average Bonchev–Trinajstić information content (AvgIpc) is 3.48. The van der Waals surface area contributed by atoms with E-state index in [1.165, 1.54) is 16.7 Å². The van der Waals surface area contributed by atoms with Gasteiger partial charge in [-0.25, -0.2) is 4.98 Å². The van der Waals surface area contributed by atoms with Crippen molar-refractivity contribution in [1.82, 2.24) is 20.2 Å². The van der Waals surface area contributed by atoms with Crippen LogP contribution >= 0.6 is 0 Å². The number of allylic oxidation sites excluding steroid dienone is 1. The van der Waals surface area contributed by atoms with Crippen molar-refractivity contribution in [3.8, 4) is 0 Å². The Balaban J connectivity index is 1.10. The number of aliphatic carboxylic acids is 1. The molecule has 2 atom stereocenters. The Morgan fingerprint density at radius 2 is 2.13 bits per heavy atom. The highest BCUT2D eigenvalue weighted by atomic mass is 16.4. The van der Waals surface area contributed by atoms with Crippen LogP contribution in [0.4, 0.5) is 5.82 Å². The molecule has 4 heterocycles. The van der Waals surface area contributed by atoms with Crippen LogP contribution in [0.2, 0.25) is 0 Å². The lowest BCUT2D eigenvalue weighted by Gasteiger charge is -2.21. The molecule has 2 aromatic rings. The zero-order valence-electron chi connectivity index (χ0n) is 21.8. The maximum atomic E-state index is 13.0. The van der Waals surface area contributed by atoms with Crippen molar-refractivity contribution in [3.63, 3.8) is 0 Å². The zero-order valence-corrected chi connectivity index (χ0v) is 21.8. The number of hydrogen-bond acceptors (Lipinski definition) is 5. The number of H-pyrrole nitrogens is 1.